The summed E-state index contributed by atoms with van der Waals surface area (Å²) in [5, 5.41) is 4.46. The Morgan fingerprint density at radius 2 is 2.13 bits per heavy atom. The monoisotopic (exact) mass is 338 g/mol. The first-order chi connectivity index (χ1) is 11.2. The fraction of sp³-hybridized carbons (Fsp3) is 0.467. The highest BCUT2D eigenvalue weighted by molar-refractivity contribution is 6.33. The van der Waals surface area contributed by atoms with Crippen LogP contribution in [-0.2, 0) is 11.2 Å². The van der Waals surface area contributed by atoms with Crippen molar-refractivity contribution in [2.24, 2.45) is 0 Å². The molecule has 2 N–H and O–H groups in total. The van der Waals surface area contributed by atoms with Crippen molar-refractivity contribution < 1.29 is 14.0 Å². The first-order valence-electron chi connectivity index (χ1n) is 7.43. The number of rotatable bonds is 5. The molecule has 0 amide bonds. The second-order valence-corrected chi connectivity index (χ2v) is 5.70. The predicted octanol–water partition coefficient (Wildman–Crippen LogP) is 1.86. The Labute approximate surface area is 139 Å². The lowest BCUT2D eigenvalue weighted by Crippen LogP contribution is -2.37. The quantitative estimate of drug-likeness (QED) is 0.832. The number of methoxy groups -OCH3 is 1. The number of ether oxygens (including phenoxy) is 2. The van der Waals surface area contributed by atoms with E-state index in [1.165, 1.54) is 0 Å². The van der Waals surface area contributed by atoms with Gasteiger partial charge < -0.3 is 19.7 Å². The Kier molecular flexibility index (Phi) is 5.00. The molecule has 124 valence electrons. The summed E-state index contributed by atoms with van der Waals surface area (Å²) in [4.78, 5) is 6.75. The third-order valence-corrected chi connectivity index (χ3v) is 4.10. The zero-order valence-corrected chi connectivity index (χ0v) is 13.7. The van der Waals surface area contributed by atoms with Gasteiger partial charge >= 0.3 is 0 Å². The lowest BCUT2D eigenvalue weighted by molar-refractivity contribution is 0.0381. The van der Waals surface area contributed by atoms with E-state index in [0.29, 0.717) is 40.2 Å². The fourth-order valence-corrected chi connectivity index (χ4v) is 2.62. The Balaban J connectivity index is 1.72. The maximum absolute atomic E-state index is 6.07. The van der Waals surface area contributed by atoms with Crippen molar-refractivity contribution in [1.82, 2.24) is 15.0 Å². The molecule has 1 aliphatic heterocycles. The van der Waals surface area contributed by atoms with Gasteiger partial charge in [-0.15, -0.1) is 0 Å². The molecule has 8 heteroatoms. The molecule has 2 heterocycles. The van der Waals surface area contributed by atoms with Crippen LogP contribution in [0.1, 0.15) is 5.82 Å². The standard InChI is InChI=1S/C15H19ClN4O3/c1-21-13-9-12(17)11(16)8-10(13)15-18-14(19-23-15)2-3-20-4-6-22-7-5-20/h8-9H,2-7,17H2,1H3. The minimum atomic E-state index is 0.376. The highest BCUT2D eigenvalue weighted by Crippen LogP contribution is 2.35. The van der Waals surface area contributed by atoms with Gasteiger partial charge in [-0.1, -0.05) is 16.8 Å². The van der Waals surface area contributed by atoms with Crippen molar-refractivity contribution in [1.29, 1.82) is 0 Å². The number of nitrogens with two attached hydrogens (primary N) is 1. The smallest absolute Gasteiger partial charge is 0.261 e. The number of morpholine rings is 1. The van der Waals surface area contributed by atoms with Crippen LogP contribution in [0.25, 0.3) is 11.5 Å². The van der Waals surface area contributed by atoms with Gasteiger partial charge in [0.15, 0.2) is 5.82 Å². The SMILES string of the molecule is COc1cc(N)c(Cl)cc1-c1nc(CCN2CCOCC2)no1. The average Bonchev–Trinajstić information content (AvgIpc) is 3.05. The minimum Gasteiger partial charge on any atom is -0.496 e. The zero-order valence-electron chi connectivity index (χ0n) is 12.9. The summed E-state index contributed by atoms with van der Waals surface area (Å²) in [6.07, 6.45) is 0.717. The maximum Gasteiger partial charge on any atom is 0.261 e. The van der Waals surface area contributed by atoms with Crippen molar-refractivity contribution in [3.05, 3.63) is 23.0 Å². The molecule has 0 atom stereocenters. The molecule has 0 radical (unpaired) electrons. The van der Waals surface area contributed by atoms with Gasteiger partial charge in [0, 0.05) is 32.1 Å². The van der Waals surface area contributed by atoms with Gasteiger partial charge in [-0.05, 0) is 6.07 Å². The summed E-state index contributed by atoms with van der Waals surface area (Å²) >= 11 is 6.07. The molecule has 0 saturated carbocycles. The van der Waals surface area contributed by atoms with Gasteiger partial charge in [-0.3, -0.25) is 4.90 Å². The van der Waals surface area contributed by atoms with Gasteiger partial charge in [0.1, 0.15) is 5.75 Å². The van der Waals surface area contributed by atoms with Crippen LogP contribution in [0.2, 0.25) is 5.02 Å². The van der Waals surface area contributed by atoms with Crippen molar-refractivity contribution in [3.8, 4) is 17.2 Å². The Morgan fingerprint density at radius 1 is 1.35 bits per heavy atom. The lowest BCUT2D eigenvalue weighted by atomic mass is 10.2. The van der Waals surface area contributed by atoms with Crippen LogP contribution < -0.4 is 10.5 Å². The van der Waals surface area contributed by atoms with Gasteiger partial charge in [-0.2, -0.15) is 4.98 Å². The molecule has 23 heavy (non-hydrogen) atoms. The van der Waals surface area contributed by atoms with Gasteiger partial charge in [-0.25, -0.2) is 0 Å². The average molecular weight is 339 g/mol. The number of benzene rings is 1. The number of halogens is 1. The first-order valence-corrected chi connectivity index (χ1v) is 7.81. The molecule has 0 aliphatic carbocycles. The van der Waals surface area contributed by atoms with Crippen LogP contribution in [0.4, 0.5) is 5.69 Å². The van der Waals surface area contributed by atoms with Crippen molar-refractivity contribution in [3.63, 3.8) is 0 Å². The molecule has 3 rings (SSSR count). The summed E-state index contributed by atoms with van der Waals surface area (Å²) in [6, 6.07) is 3.32. The molecule has 0 unspecified atom stereocenters. The number of hydrogen-bond acceptors (Lipinski definition) is 7. The first kappa shape index (κ1) is 16.0. The molecule has 1 saturated heterocycles. The number of anilines is 1. The summed E-state index contributed by atoms with van der Waals surface area (Å²) in [5.41, 5.74) is 6.86. The fourth-order valence-electron chi connectivity index (χ4n) is 2.45. The Morgan fingerprint density at radius 3 is 2.87 bits per heavy atom. The topological polar surface area (TPSA) is 86.6 Å². The number of nitrogens with zero attached hydrogens (tertiary/aromatic N) is 3. The van der Waals surface area contributed by atoms with E-state index in [2.05, 4.69) is 15.0 Å². The summed E-state index contributed by atoms with van der Waals surface area (Å²) in [7, 11) is 1.56. The van der Waals surface area contributed by atoms with E-state index >= 15 is 0 Å². The normalized spacial score (nSPS) is 15.7. The van der Waals surface area contributed by atoms with Gasteiger partial charge in [0.05, 0.1) is 36.6 Å². The zero-order chi connectivity index (χ0) is 16.2. The highest BCUT2D eigenvalue weighted by atomic mass is 35.5. The van der Waals surface area contributed by atoms with E-state index < -0.39 is 0 Å². The molecular formula is C15H19ClN4O3. The second kappa shape index (κ2) is 7.16. The summed E-state index contributed by atoms with van der Waals surface area (Å²) in [5.74, 6) is 1.58. The summed E-state index contributed by atoms with van der Waals surface area (Å²) < 4.78 is 16.0. The van der Waals surface area contributed by atoms with Crippen LogP contribution in [0.3, 0.4) is 0 Å². The van der Waals surface area contributed by atoms with Crippen LogP contribution in [0.5, 0.6) is 5.75 Å². The minimum absolute atomic E-state index is 0.376. The van der Waals surface area contributed by atoms with Crippen LogP contribution >= 0.6 is 11.6 Å². The molecule has 0 bridgehead atoms. The van der Waals surface area contributed by atoms with Gasteiger partial charge in [0.2, 0.25) is 0 Å². The molecule has 7 nitrogen and oxygen atoms in total. The van der Waals surface area contributed by atoms with E-state index in [1.807, 2.05) is 0 Å². The third-order valence-electron chi connectivity index (χ3n) is 3.77. The largest absolute Gasteiger partial charge is 0.496 e. The Hall–Kier alpha value is -1.83. The molecular weight excluding hydrogens is 320 g/mol. The lowest BCUT2D eigenvalue weighted by Gasteiger charge is -2.25. The van der Waals surface area contributed by atoms with E-state index in [9.17, 15) is 0 Å². The summed E-state index contributed by atoms with van der Waals surface area (Å²) in [6.45, 7) is 4.30. The van der Waals surface area contributed by atoms with Crippen LogP contribution in [0.15, 0.2) is 16.7 Å². The van der Waals surface area contributed by atoms with E-state index in [-0.39, 0.29) is 0 Å². The second-order valence-electron chi connectivity index (χ2n) is 5.29. The van der Waals surface area contributed by atoms with Crippen molar-refractivity contribution in [2.75, 3.05) is 45.7 Å². The van der Waals surface area contributed by atoms with Crippen molar-refractivity contribution in [2.45, 2.75) is 6.42 Å². The molecule has 1 aliphatic rings. The van der Waals surface area contributed by atoms with E-state index in [0.717, 1.165) is 32.8 Å². The molecule has 1 aromatic carbocycles. The van der Waals surface area contributed by atoms with E-state index in [1.54, 1.807) is 19.2 Å². The van der Waals surface area contributed by atoms with Gasteiger partial charge in [0.25, 0.3) is 5.89 Å². The maximum atomic E-state index is 6.07. The highest BCUT2D eigenvalue weighted by Gasteiger charge is 2.17. The predicted molar refractivity (Wildman–Crippen MR) is 86.7 cm³/mol. The van der Waals surface area contributed by atoms with Crippen LogP contribution in [-0.4, -0.2) is 55.0 Å². The molecule has 1 aromatic heterocycles. The molecule has 1 fully saturated rings. The number of hydrogen-bond donors (Lipinski definition) is 1. The van der Waals surface area contributed by atoms with Crippen LogP contribution in [0, 0.1) is 0 Å². The molecule has 2 aromatic rings. The third kappa shape index (κ3) is 3.74. The number of aromatic nitrogens is 2. The number of nitrogen functional groups attached to an aromatic ring is 1. The van der Waals surface area contributed by atoms with E-state index in [4.69, 9.17) is 31.3 Å². The Bertz CT molecular complexity index is 671. The van der Waals surface area contributed by atoms with Crippen molar-refractivity contribution >= 4 is 17.3 Å². The molecule has 0 spiro atoms.